The molecule has 4 rings (SSSR count). The van der Waals surface area contributed by atoms with E-state index in [1.807, 2.05) is 19.9 Å². The third-order valence-corrected chi connectivity index (χ3v) is 4.60. The van der Waals surface area contributed by atoms with E-state index in [1.54, 1.807) is 23.9 Å². The Hall–Kier alpha value is -3.57. The van der Waals surface area contributed by atoms with Crippen molar-refractivity contribution in [3.05, 3.63) is 53.3 Å². The lowest BCUT2D eigenvalue weighted by molar-refractivity contribution is 0.114. The molecule has 0 aliphatic carbocycles. The Morgan fingerprint density at radius 3 is 2.63 bits per heavy atom. The van der Waals surface area contributed by atoms with Crippen LogP contribution in [0, 0.1) is 6.92 Å². The summed E-state index contributed by atoms with van der Waals surface area (Å²) in [6.45, 7) is 3.73. The average molecular weight is 428 g/mol. The van der Waals surface area contributed by atoms with Crippen LogP contribution in [-0.2, 0) is 4.74 Å². The molecule has 0 saturated heterocycles. The number of urea groups is 1. The molecule has 0 saturated carbocycles. The Balaban J connectivity index is 1.57. The molecule has 0 radical (unpaired) electrons. The topological polar surface area (TPSA) is 124 Å². The van der Waals surface area contributed by atoms with Crippen LogP contribution in [0.5, 0.6) is 0 Å². The van der Waals surface area contributed by atoms with Crippen molar-refractivity contribution in [2.45, 2.75) is 20.0 Å². The van der Waals surface area contributed by atoms with Crippen LogP contribution in [0.1, 0.15) is 24.4 Å². The number of hydrogen-bond acceptors (Lipinski definition) is 7. The number of nitrogens with zero attached hydrogens (tertiary/aromatic N) is 7. The van der Waals surface area contributed by atoms with Crippen molar-refractivity contribution in [2.24, 2.45) is 0 Å². The zero-order valence-electron chi connectivity index (χ0n) is 16.4. The van der Waals surface area contributed by atoms with E-state index in [0.717, 1.165) is 5.69 Å². The number of fused-ring (bicyclic) bond motifs is 1. The molecular weight excluding hydrogens is 410 g/mol. The first-order valence-corrected chi connectivity index (χ1v) is 9.32. The van der Waals surface area contributed by atoms with Gasteiger partial charge in [-0.15, -0.1) is 4.80 Å². The monoisotopic (exact) mass is 427 g/mol. The van der Waals surface area contributed by atoms with Crippen molar-refractivity contribution in [3.8, 4) is 5.82 Å². The third kappa shape index (κ3) is 3.80. The lowest BCUT2D eigenvalue weighted by Gasteiger charge is -2.17. The lowest BCUT2D eigenvalue weighted by atomic mass is 10.2. The molecule has 2 amide bonds. The van der Waals surface area contributed by atoms with Gasteiger partial charge < -0.3 is 15.4 Å². The van der Waals surface area contributed by atoms with Gasteiger partial charge in [-0.1, -0.05) is 11.6 Å². The maximum atomic E-state index is 12.6. The molecule has 0 aromatic carbocycles. The number of carbonyl (C=O) groups excluding carboxylic acids is 1. The summed E-state index contributed by atoms with van der Waals surface area (Å²) in [5, 5.41) is 18.2. The summed E-state index contributed by atoms with van der Waals surface area (Å²) >= 11 is 6.24. The van der Waals surface area contributed by atoms with Gasteiger partial charge in [-0.2, -0.15) is 15.3 Å². The number of ether oxygens (including phenoxy) is 1. The highest BCUT2D eigenvalue weighted by Crippen LogP contribution is 2.26. The van der Waals surface area contributed by atoms with Gasteiger partial charge in [-0.3, -0.25) is 0 Å². The molecule has 0 unspecified atom stereocenters. The van der Waals surface area contributed by atoms with Crippen molar-refractivity contribution in [2.75, 3.05) is 17.7 Å². The van der Waals surface area contributed by atoms with Crippen molar-refractivity contribution in [1.82, 2.24) is 34.6 Å². The largest absolute Gasteiger partial charge is 0.375 e. The minimum Gasteiger partial charge on any atom is -0.375 e. The lowest BCUT2D eigenvalue weighted by Crippen LogP contribution is -2.22. The van der Waals surface area contributed by atoms with E-state index < -0.39 is 6.03 Å². The quantitative estimate of drug-likeness (QED) is 0.501. The van der Waals surface area contributed by atoms with Crippen molar-refractivity contribution in [1.29, 1.82) is 0 Å². The highest BCUT2D eigenvalue weighted by molar-refractivity contribution is 6.32. The first kappa shape index (κ1) is 19.7. The fourth-order valence-corrected chi connectivity index (χ4v) is 3.16. The number of nitrogens with one attached hydrogen (secondary N) is 2. The van der Waals surface area contributed by atoms with E-state index in [2.05, 4.69) is 35.9 Å². The Labute approximate surface area is 176 Å². The Morgan fingerprint density at radius 2 is 1.93 bits per heavy atom. The van der Waals surface area contributed by atoms with E-state index in [0.29, 0.717) is 28.5 Å². The number of aromatic nitrogens is 7. The zero-order chi connectivity index (χ0) is 21.3. The van der Waals surface area contributed by atoms with Gasteiger partial charge >= 0.3 is 6.03 Å². The van der Waals surface area contributed by atoms with E-state index in [9.17, 15) is 4.79 Å². The standard InChI is InChI=1S/C18H18ClN9O2/c1-10-6-15-20-9-14(16(11(2)30-3)27(15)26-10)25-18(29)24-12-7-13(19)17(21-8-12)28-22-4-5-23-28/h4-9,11H,1-3H3,(H2,24,25,29)/t11-/m0/s1. The Kier molecular flexibility index (Phi) is 5.29. The molecule has 11 nitrogen and oxygen atoms in total. The summed E-state index contributed by atoms with van der Waals surface area (Å²) in [5.41, 5.74) is 3.01. The molecule has 0 fully saturated rings. The number of methoxy groups -OCH3 is 1. The summed E-state index contributed by atoms with van der Waals surface area (Å²) < 4.78 is 7.11. The minimum absolute atomic E-state index is 0.285. The predicted octanol–water partition coefficient (Wildman–Crippen LogP) is 3.02. The number of anilines is 2. The summed E-state index contributed by atoms with van der Waals surface area (Å²) in [5.74, 6) is 0.354. The number of hydrogen-bond donors (Lipinski definition) is 2. The molecule has 0 aliphatic heterocycles. The van der Waals surface area contributed by atoms with Crippen LogP contribution < -0.4 is 10.6 Å². The van der Waals surface area contributed by atoms with Gasteiger partial charge in [0.05, 0.1) is 58.7 Å². The van der Waals surface area contributed by atoms with Crippen LogP contribution in [0.4, 0.5) is 16.2 Å². The number of halogens is 1. The number of pyridine rings is 1. The molecule has 154 valence electrons. The van der Waals surface area contributed by atoms with Gasteiger partial charge in [0.2, 0.25) is 0 Å². The highest BCUT2D eigenvalue weighted by atomic mass is 35.5. The van der Waals surface area contributed by atoms with Gasteiger partial charge in [0.1, 0.15) is 0 Å². The smallest absolute Gasteiger partial charge is 0.323 e. The van der Waals surface area contributed by atoms with E-state index in [1.165, 1.54) is 23.4 Å². The van der Waals surface area contributed by atoms with E-state index in [-0.39, 0.29) is 11.1 Å². The van der Waals surface area contributed by atoms with Crippen LogP contribution in [-0.4, -0.2) is 47.7 Å². The second kappa shape index (κ2) is 8.05. The third-order valence-electron chi connectivity index (χ3n) is 4.32. The molecule has 4 heterocycles. The predicted molar refractivity (Wildman–Crippen MR) is 110 cm³/mol. The summed E-state index contributed by atoms with van der Waals surface area (Å²) in [6, 6.07) is 2.91. The van der Waals surface area contributed by atoms with Crippen LogP contribution in [0.25, 0.3) is 11.5 Å². The fourth-order valence-electron chi connectivity index (χ4n) is 2.92. The van der Waals surface area contributed by atoms with Gasteiger partial charge in [-0.25, -0.2) is 19.3 Å². The first-order valence-electron chi connectivity index (χ1n) is 8.94. The van der Waals surface area contributed by atoms with Crippen molar-refractivity contribution < 1.29 is 9.53 Å². The van der Waals surface area contributed by atoms with Crippen molar-refractivity contribution >= 4 is 34.7 Å². The maximum Gasteiger partial charge on any atom is 0.323 e. The second-order valence-electron chi connectivity index (χ2n) is 6.42. The minimum atomic E-state index is -0.493. The molecule has 1 atom stereocenters. The zero-order valence-corrected chi connectivity index (χ0v) is 17.1. The SMILES string of the molecule is CO[C@@H](C)c1c(NC(=O)Nc2cnc(-n3nccn3)c(Cl)c2)cnc2cc(C)nn12. The molecule has 0 spiro atoms. The van der Waals surface area contributed by atoms with Crippen molar-refractivity contribution in [3.63, 3.8) is 0 Å². The molecule has 2 N–H and O–H groups in total. The summed E-state index contributed by atoms with van der Waals surface area (Å²) in [6.07, 6.45) is 5.73. The molecule has 0 aliphatic rings. The van der Waals surface area contributed by atoms with Gasteiger partial charge in [0.15, 0.2) is 11.5 Å². The molecule has 4 aromatic heterocycles. The van der Waals surface area contributed by atoms with Gasteiger partial charge in [0.25, 0.3) is 0 Å². The Bertz CT molecular complexity index is 1210. The number of amides is 2. The van der Waals surface area contributed by atoms with Crippen LogP contribution >= 0.6 is 11.6 Å². The molecule has 0 bridgehead atoms. The summed E-state index contributed by atoms with van der Waals surface area (Å²) in [4.78, 5) is 22.4. The number of carbonyl (C=O) groups is 1. The molecular formula is C18H18ClN9O2. The van der Waals surface area contributed by atoms with Gasteiger partial charge in [0, 0.05) is 13.2 Å². The van der Waals surface area contributed by atoms with E-state index >= 15 is 0 Å². The maximum absolute atomic E-state index is 12.6. The van der Waals surface area contributed by atoms with E-state index in [4.69, 9.17) is 16.3 Å². The second-order valence-corrected chi connectivity index (χ2v) is 6.83. The highest BCUT2D eigenvalue weighted by Gasteiger charge is 2.19. The Morgan fingerprint density at radius 1 is 1.17 bits per heavy atom. The van der Waals surface area contributed by atoms with Crippen LogP contribution in [0.2, 0.25) is 5.02 Å². The first-order chi connectivity index (χ1) is 14.5. The molecule has 12 heteroatoms. The molecule has 30 heavy (non-hydrogen) atoms. The molecule has 4 aromatic rings. The van der Waals surface area contributed by atoms with Crippen LogP contribution in [0.15, 0.2) is 36.9 Å². The van der Waals surface area contributed by atoms with Crippen LogP contribution in [0.3, 0.4) is 0 Å². The van der Waals surface area contributed by atoms with Gasteiger partial charge in [-0.05, 0) is 19.9 Å². The average Bonchev–Trinajstić information content (AvgIpc) is 3.36. The normalized spacial score (nSPS) is 12.1. The summed E-state index contributed by atoms with van der Waals surface area (Å²) in [7, 11) is 1.58. The number of aryl methyl sites for hydroxylation is 1. The number of rotatable bonds is 5. The fraction of sp³-hybridized carbons (Fsp3) is 0.222.